The largest absolute Gasteiger partial charge is 0.483 e. The molecule has 76 valence electrons. The highest BCUT2D eigenvalue weighted by molar-refractivity contribution is 9.10. The predicted octanol–water partition coefficient (Wildman–Crippen LogP) is 2.27. The summed E-state index contributed by atoms with van der Waals surface area (Å²) in [6.45, 7) is 1.39. The van der Waals surface area contributed by atoms with Gasteiger partial charge in [-0.25, -0.2) is 0 Å². The highest BCUT2D eigenvalue weighted by Gasteiger charge is 2.20. The van der Waals surface area contributed by atoms with Crippen LogP contribution in [0.15, 0.2) is 22.7 Å². The Balaban J connectivity index is 2.20. The van der Waals surface area contributed by atoms with Gasteiger partial charge in [-0.3, -0.25) is 0 Å². The third-order valence-electron chi connectivity index (χ3n) is 2.12. The zero-order valence-electron chi connectivity index (χ0n) is 7.92. The third-order valence-corrected chi connectivity index (χ3v) is 2.75. The Hall–Kier alpha value is -0.740. The molecule has 0 spiro atoms. The molecule has 0 bridgehead atoms. The van der Waals surface area contributed by atoms with Crippen LogP contribution < -0.4 is 10.1 Å². The summed E-state index contributed by atoms with van der Waals surface area (Å²) >= 11 is 3.45. The number of ether oxygens (including phenoxy) is 2. The Labute approximate surface area is 91.5 Å². The average molecular weight is 258 g/mol. The van der Waals surface area contributed by atoms with E-state index >= 15 is 0 Å². The van der Waals surface area contributed by atoms with E-state index in [1.807, 2.05) is 18.2 Å². The Kier molecular flexibility index (Phi) is 2.93. The number of benzene rings is 1. The van der Waals surface area contributed by atoms with Gasteiger partial charge in [0.05, 0.1) is 23.3 Å². The predicted molar refractivity (Wildman–Crippen MR) is 58.9 cm³/mol. The second-order valence-electron chi connectivity index (χ2n) is 3.19. The van der Waals surface area contributed by atoms with Crippen molar-refractivity contribution >= 4 is 21.6 Å². The average Bonchev–Trinajstić information content (AvgIpc) is 2.20. The molecule has 1 unspecified atom stereocenters. The lowest BCUT2D eigenvalue weighted by Crippen LogP contribution is -2.34. The summed E-state index contributed by atoms with van der Waals surface area (Å²) in [7, 11) is 1.68. The molecule has 0 aliphatic carbocycles. The number of anilines is 1. The van der Waals surface area contributed by atoms with Gasteiger partial charge in [-0.05, 0) is 28.1 Å². The van der Waals surface area contributed by atoms with Gasteiger partial charge in [0.25, 0.3) is 0 Å². The zero-order chi connectivity index (χ0) is 9.97. The van der Waals surface area contributed by atoms with Crippen molar-refractivity contribution < 1.29 is 9.47 Å². The molecule has 1 aromatic rings. The minimum absolute atomic E-state index is 0.0891. The summed E-state index contributed by atoms with van der Waals surface area (Å²) in [6, 6.07) is 5.95. The smallest absolute Gasteiger partial charge is 0.157 e. The van der Waals surface area contributed by atoms with Crippen LogP contribution in [0.4, 0.5) is 5.69 Å². The van der Waals surface area contributed by atoms with Gasteiger partial charge in [-0.15, -0.1) is 0 Å². The summed E-state index contributed by atoms with van der Waals surface area (Å²) in [4.78, 5) is 0. The lowest BCUT2D eigenvalue weighted by molar-refractivity contribution is 0.0842. The summed E-state index contributed by atoms with van der Waals surface area (Å²) in [5, 5.41) is 3.30. The molecule has 1 aromatic carbocycles. The number of para-hydroxylation sites is 1. The number of methoxy groups -OCH3 is 1. The SMILES string of the molecule is COCC1CNc2cccc(Br)c2O1. The molecule has 1 N–H and O–H groups in total. The monoisotopic (exact) mass is 257 g/mol. The molecule has 3 nitrogen and oxygen atoms in total. The van der Waals surface area contributed by atoms with Crippen LogP contribution >= 0.6 is 15.9 Å². The first-order chi connectivity index (χ1) is 6.81. The molecule has 14 heavy (non-hydrogen) atoms. The Bertz CT molecular complexity index is 330. The van der Waals surface area contributed by atoms with Crippen LogP contribution in [0.3, 0.4) is 0 Å². The maximum absolute atomic E-state index is 5.77. The van der Waals surface area contributed by atoms with E-state index < -0.39 is 0 Å². The van der Waals surface area contributed by atoms with E-state index in [4.69, 9.17) is 9.47 Å². The first-order valence-corrected chi connectivity index (χ1v) is 5.28. The van der Waals surface area contributed by atoms with Gasteiger partial charge < -0.3 is 14.8 Å². The molecule has 1 aliphatic rings. The first-order valence-electron chi connectivity index (χ1n) is 4.49. The number of halogens is 1. The molecule has 1 heterocycles. The van der Waals surface area contributed by atoms with Gasteiger partial charge in [0.1, 0.15) is 6.10 Å². The minimum atomic E-state index is 0.0891. The number of fused-ring (bicyclic) bond motifs is 1. The van der Waals surface area contributed by atoms with Crippen molar-refractivity contribution in [3.05, 3.63) is 22.7 Å². The Morgan fingerprint density at radius 2 is 2.50 bits per heavy atom. The van der Waals surface area contributed by atoms with Crippen LogP contribution in [0.5, 0.6) is 5.75 Å². The molecule has 1 atom stereocenters. The van der Waals surface area contributed by atoms with Gasteiger partial charge in [-0.1, -0.05) is 6.07 Å². The fraction of sp³-hybridized carbons (Fsp3) is 0.400. The van der Waals surface area contributed by atoms with Gasteiger partial charge >= 0.3 is 0 Å². The van der Waals surface area contributed by atoms with Crippen LogP contribution in [0.1, 0.15) is 0 Å². The lowest BCUT2D eigenvalue weighted by Gasteiger charge is -2.27. The van der Waals surface area contributed by atoms with E-state index in [0.29, 0.717) is 6.61 Å². The standard InChI is InChI=1S/C10H12BrNO2/c1-13-6-7-5-12-9-4-2-3-8(11)10(9)14-7/h2-4,7,12H,5-6H2,1H3. The number of nitrogens with one attached hydrogen (secondary N) is 1. The summed E-state index contributed by atoms with van der Waals surface area (Å²) in [5.74, 6) is 0.876. The quantitative estimate of drug-likeness (QED) is 0.882. The number of rotatable bonds is 2. The zero-order valence-corrected chi connectivity index (χ0v) is 9.50. The summed E-state index contributed by atoms with van der Waals surface area (Å²) in [5.41, 5.74) is 1.03. The Morgan fingerprint density at radius 3 is 3.29 bits per heavy atom. The van der Waals surface area contributed by atoms with Crippen molar-refractivity contribution in [3.63, 3.8) is 0 Å². The van der Waals surface area contributed by atoms with Crippen molar-refractivity contribution in [1.82, 2.24) is 0 Å². The molecule has 0 saturated carbocycles. The van der Waals surface area contributed by atoms with Gasteiger partial charge in [0.2, 0.25) is 0 Å². The normalized spacial score (nSPS) is 19.4. The van der Waals surface area contributed by atoms with Gasteiger partial charge in [0, 0.05) is 7.11 Å². The molecule has 4 heteroatoms. The van der Waals surface area contributed by atoms with Crippen LogP contribution in [0, 0.1) is 0 Å². The molecule has 0 aromatic heterocycles. The van der Waals surface area contributed by atoms with Crippen molar-refractivity contribution in [2.75, 3.05) is 25.6 Å². The van der Waals surface area contributed by atoms with E-state index in [1.165, 1.54) is 0 Å². The van der Waals surface area contributed by atoms with Crippen LogP contribution in [0.25, 0.3) is 0 Å². The topological polar surface area (TPSA) is 30.5 Å². The maximum Gasteiger partial charge on any atom is 0.157 e. The molecule has 0 fully saturated rings. The molecule has 1 aliphatic heterocycles. The van der Waals surface area contributed by atoms with E-state index in [1.54, 1.807) is 7.11 Å². The van der Waals surface area contributed by atoms with Crippen molar-refractivity contribution in [2.24, 2.45) is 0 Å². The molecule has 0 radical (unpaired) electrons. The molecule has 2 rings (SSSR count). The highest BCUT2D eigenvalue weighted by atomic mass is 79.9. The summed E-state index contributed by atoms with van der Waals surface area (Å²) < 4.78 is 11.8. The fourth-order valence-electron chi connectivity index (χ4n) is 1.48. The molecule has 0 amide bonds. The van der Waals surface area contributed by atoms with E-state index in [-0.39, 0.29) is 6.10 Å². The minimum Gasteiger partial charge on any atom is -0.483 e. The third kappa shape index (κ3) is 1.86. The maximum atomic E-state index is 5.77. The highest BCUT2D eigenvalue weighted by Crippen LogP contribution is 2.36. The van der Waals surface area contributed by atoms with Crippen molar-refractivity contribution in [2.45, 2.75) is 6.10 Å². The van der Waals surface area contributed by atoms with E-state index in [9.17, 15) is 0 Å². The lowest BCUT2D eigenvalue weighted by atomic mass is 10.2. The number of hydrogen-bond donors (Lipinski definition) is 1. The van der Waals surface area contributed by atoms with Crippen LogP contribution in [-0.2, 0) is 4.74 Å². The van der Waals surface area contributed by atoms with Crippen molar-refractivity contribution in [1.29, 1.82) is 0 Å². The molecular weight excluding hydrogens is 246 g/mol. The van der Waals surface area contributed by atoms with Crippen LogP contribution in [-0.4, -0.2) is 26.4 Å². The second-order valence-corrected chi connectivity index (χ2v) is 4.05. The molecular formula is C10H12BrNO2. The second kappa shape index (κ2) is 4.19. The van der Waals surface area contributed by atoms with Gasteiger partial charge in [0.15, 0.2) is 5.75 Å². The Morgan fingerprint density at radius 1 is 1.64 bits per heavy atom. The van der Waals surface area contributed by atoms with Crippen molar-refractivity contribution in [3.8, 4) is 5.75 Å². The molecule has 0 saturated heterocycles. The summed E-state index contributed by atoms with van der Waals surface area (Å²) in [6.07, 6.45) is 0.0891. The first kappa shape index (κ1) is 9.80. The fourth-order valence-corrected chi connectivity index (χ4v) is 1.94. The van der Waals surface area contributed by atoms with E-state index in [0.717, 1.165) is 22.5 Å². The number of hydrogen-bond acceptors (Lipinski definition) is 3. The van der Waals surface area contributed by atoms with E-state index in [2.05, 4.69) is 21.2 Å². The van der Waals surface area contributed by atoms with Gasteiger partial charge in [-0.2, -0.15) is 0 Å². The van der Waals surface area contributed by atoms with Crippen LogP contribution in [0.2, 0.25) is 0 Å².